The molecule has 0 aliphatic carbocycles. The van der Waals surface area contributed by atoms with Crippen LogP contribution in [-0.4, -0.2) is 39.3 Å². The van der Waals surface area contributed by atoms with E-state index in [-0.39, 0.29) is 0 Å². The highest BCUT2D eigenvalue weighted by molar-refractivity contribution is 5.48. The molecule has 1 aliphatic heterocycles. The van der Waals surface area contributed by atoms with E-state index in [9.17, 15) is 0 Å². The van der Waals surface area contributed by atoms with Crippen LogP contribution in [0.1, 0.15) is 11.1 Å². The summed E-state index contributed by atoms with van der Waals surface area (Å²) in [4.78, 5) is 2.36. The molecule has 1 aromatic carbocycles. The molecule has 0 unspecified atom stereocenters. The van der Waals surface area contributed by atoms with Gasteiger partial charge in [-0.25, -0.2) is 0 Å². The number of likely N-dealkylation sites (N-methyl/N-ethyl adjacent to an activating group) is 1. The molecule has 88 valence electrons. The second kappa shape index (κ2) is 4.74. The lowest BCUT2D eigenvalue weighted by Gasteiger charge is -2.12. The Hall–Kier alpha value is -1.22. The van der Waals surface area contributed by atoms with Gasteiger partial charge >= 0.3 is 0 Å². The fourth-order valence-corrected chi connectivity index (χ4v) is 2.16. The van der Waals surface area contributed by atoms with Crippen molar-refractivity contribution in [3.63, 3.8) is 0 Å². The van der Waals surface area contributed by atoms with Gasteiger partial charge < -0.3 is 14.4 Å². The van der Waals surface area contributed by atoms with E-state index in [1.165, 1.54) is 11.1 Å². The first-order chi connectivity index (χ1) is 7.74. The largest absolute Gasteiger partial charge is 0.493 e. The molecule has 0 radical (unpaired) electrons. The molecular weight excluding hydrogens is 202 g/mol. The summed E-state index contributed by atoms with van der Waals surface area (Å²) in [5, 5.41) is 0. The first kappa shape index (κ1) is 11.3. The van der Waals surface area contributed by atoms with E-state index in [0.717, 1.165) is 37.4 Å². The van der Waals surface area contributed by atoms with Crippen LogP contribution in [-0.2, 0) is 12.8 Å². The van der Waals surface area contributed by atoms with Crippen molar-refractivity contribution in [2.24, 2.45) is 0 Å². The third-order valence-electron chi connectivity index (χ3n) is 3.23. The standard InChI is InChI=1S/C13H19NO2/c1-14-6-4-10-8-12(15-2)13(16-3)9-11(10)5-7-14/h8-9H,4-7H2,1-3H3. The molecule has 1 aliphatic rings. The van der Waals surface area contributed by atoms with Gasteiger partial charge in [-0.05, 0) is 43.1 Å². The Morgan fingerprint density at radius 3 is 1.75 bits per heavy atom. The van der Waals surface area contributed by atoms with Crippen LogP contribution in [0.25, 0.3) is 0 Å². The maximum atomic E-state index is 5.33. The molecule has 0 N–H and O–H groups in total. The Morgan fingerprint density at radius 1 is 0.938 bits per heavy atom. The van der Waals surface area contributed by atoms with E-state index < -0.39 is 0 Å². The van der Waals surface area contributed by atoms with Crippen LogP contribution in [0.4, 0.5) is 0 Å². The highest BCUT2D eigenvalue weighted by Gasteiger charge is 2.15. The summed E-state index contributed by atoms with van der Waals surface area (Å²) in [5.74, 6) is 1.68. The predicted octanol–water partition coefficient (Wildman–Crippen LogP) is 1.73. The van der Waals surface area contributed by atoms with Gasteiger partial charge in [0.05, 0.1) is 14.2 Å². The average molecular weight is 221 g/mol. The predicted molar refractivity (Wildman–Crippen MR) is 64.5 cm³/mol. The summed E-state index contributed by atoms with van der Waals surface area (Å²) in [5.41, 5.74) is 2.78. The fourth-order valence-electron chi connectivity index (χ4n) is 2.16. The van der Waals surface area contributed by atoms with Crippen molar-refractivity contribution < 1.29 is 9.47 Å². The van der Waals surface area contributed by atoms with E-state index in [0.29, 0.717) is 0 Å². The second-order valence-corrected chi connectivity index (χ2v) is 4.28. The van der Waals surface area contributed by atoms with E-state index >= 15 is 0 Å². The van der Waals surface area contributed by atoms with Crippen LogP contribution in [0.15, 0.2) is 12.1 Å². The molecule has 0 amide bonds. The van der Waals surface area contributed by atoms with Crippen LogP contribution >= 0.6 is 0 Å². The minimum atomic E-state index is 0.839. The average Bonchev–Trinajstić information content (AvgIpc) is 2.50. The summed E-state index contributed by atoms with van der Waals surface area (Å²) >= 11 is 0. The zero-order valence-electron chi connectivity index (χ0n) is 10.2. The van der Waals surface area contributed by atoms with Crippen molar-refractivity contribution in [2.45, 2.75) is 12.8 Å². The van der Waals surface area contributed by atoms with Gasteiger partial charge in [-0.15, -0.1) is 0 Å². The number of hydrogen-bond donors (Lipinski definition) is 0. The number of benzene rings is 1. The number of methoxy groups -OCH3 is 2. The minimum absolute atomic E-state index is 0.839. The Bertz CT molecular complexity index is 341. The first-order valence-corrected chi connectivity index (χ1v) is 5.67. The Kier molecular flexibility index (Phi) is 3.34. The summed E-state index contributed by atoms with van der Waals surface area (Å²) in [7, 11) is 5.54. The van der Waals surface area contributed by atoms with E-state index in [2.05, 4.69) is 24.1 Å². The van der Waals surface area contributed by atoms with E-state index in [1.807, 2.05) is 0 Å². The maximum Gasteiger partial charge on any atom is 0.161 e. The number of hydrogen-bond acceptors (Lipinski definition) is 3. The van der Waals surface area contributed by atoms with Crippen LogP contribution in [0.5, 0.6) is 11.5 Å². The van der Waals surface area contributed by atoms with Gasteiger partial charge in [0.25, 0.3) is 0 Å². The number of rotatable bonds is 2. The van der Waals surface area contributed by atoms with Gasteiger partial charge in [0, 0.05) is 13.1 Å². The molecule has 16 heavy (non-hydrogen) atoms. The zero-order valence-corrected chi connectivity index (χ0v) is 10.2. The number of nitrogens with zero attached hydrogens (tertiary/aromatic N) is 1. The van der Waals surface area contributed by atoms with Gasteiger partial charge in [-0.2, -0.15) is 0 Å². The monoisotopic (exact) mass is 221 g/mol. The third-order valence-corrected chi connectivity index (χ3v) is 3.23. The molecule has 3 heteroatoms. The van der Waals surface area contributed by atoms with Gasteiger partial charge in [0.15, 0.2) is 11.5 Å². The molecule has 0 atom stereocenters. The van der Waals surface area contributed by atoms with E-state index in [1.54, 1.807) is 14.2 Å². The summed E-state index contributed by atoms with van der Waals surface area (Å²) in [6.45, 7) is 2.23. The molecular formula is C13H19NO2. The molecule has 0 spiro atoms. The smallest absolute Gasteiger partial charge is 0.161 e. The lowest BCUT2D eigenvalue weighted by molar-refractivity contribution is 0.352. The minimum Gasteiger partial charge on any atom is -0.493 e. The van der Waals surface area contributed by atoms with Crippen LogP contribution in [0.2, 0.25) is 0 Å². The first-order valence-electron chi connectivity index (χ1n) is 5.67. The highest BCUT2D eigenvalue weighted by atomic mass is 16.5. The Balaban J connectivity index is 2.37. The molecule has 0 saturated heterocycles. The van der Waals surface area contributed by atoms with Gasteiger partial charge in [0.2, 0.25) is 0 Å². The van der Waals surface area contributed by atoms with Crippen LogP contribution in [0.3, 0.4) is 0 Å². The zero-order chi connectivity index (χ0) is 11.5. The number of fused-ring (bicyclic) bond motifs is 1. The SMILES string of the molecule is COc1cc2c(cc1OC)CCN(C)CC2. The Labute approximate surface area is 97.0 Å². The quantitative estimate of drug-likeness (QED) is 0.759. The summed E-state index contributed by atoms with van der Waals surface area (Å²) < 4.78 is 10.7. The molecule has 0 aromatic heterocycles. The molecule has 0 saturated carbocycles. The van der Waals surface area contributed by atoms with Crippen LogP contribution < -0.4 is 9.47 Å². The molecule has 1 aromatic rings. The third kappa shape index (κ3) is 2.14. The van der Waals surface area contributed by atoms with Crippen molar-refractivity contribution in [1.29, 1.82) is 0 Å². The van der Waals surface area contributed by atoms with Gasteiger partial charge in [-0.1, -0.05) is 0 Å². The van der Waals surface area contributed by atoms with Gasteiger partial charge in [0.1, 0.15) is 0 Å². The molecule has 1 heterocycles. The second-order valence-electron chi connectivity index (χ2n) is 4.28. The molecule has 0 bridgehead atoms. The van der Waals surface area contributed by atoms with Crippen LogP contribution in [0, 0.1) is 0 Å². The number of ether oxygens (including phenoxy) is 2. The fraction of sp³-hybridized carbons (Fsp3) is 0.538. The summed E-state index contributed by atoms with van der Waals surface area (Å²) in [6.07, 6.45) is 2.18. The molecule has 3 nitrogen and oxygen atoms in total. The summed E-state index contributed by atoms with van der Waals surface area (Å²) in [6, 6.07) is 4.24. The van der Waals surface area contributed by atoms with E-state index in [4.69, 9.17) is 9.47 Å². The lowest BCUT2D eigenvalue weighted by atomic mass is 10.0. The highest BCUT2D eigenvalue weighted by Crippen LogP contribution is 2.31. The van der Waals surface area contributed by atoms with Crippen molar-refractivity contribution in [2.75, 3.05) is 34.4 Å². The topological polar surface area (TPSA) is 21.7 Å². The van der Waals surface area contributed by atoms with Gasteiger partial charge in [-0.3, -0.25) is 0 Å². The molecule has 0 fully saturated rings. The van der Waals surface area contributed by atoms with Crippen molar-refractivity contribution in [1.82, 2.24) is 4.90 Å². The van der Waals surface area contributed by atoms with Crippen molar-refractivity contribution >= 4 is 0 Å². The van der Waals surface area contributed by atoms with Crippen molar-refractivity contribution in [3.8, 4) is 11.5 Å². The lowest BCUT2D eigenvalue weighted by Crippen LogP contribution is -2.20. The Morgan fingerprint density at radius 2 is 1.38 bits per heavy atom. The normalized spacial score (nSPS) is 16.4. The maximum absolute atomic E-state index is 5.33. The van der Waals surface area contributed by atoms with Crippen molar-refractivity contribution in [3.05, 3.63) is 23.3 Å². The molecule has 2 rings (SSSR count).